The molecule has 0 spiro atoms. The molecule has 10 heteroatoms. The molecule has 26 heavy (non-hydrogen) atoms. The molecule has 1 N–H and O–H groups in total. The molecule has 1 aliphatic heterocycles. The van der Waals surface area contributed by atoms with Crippen molar-refractivity contribution in [2.75, 3.05) is 26.2 Å². The largest absolute Gasteiger partial charge is 0.463 e. The van der Waals surface area contributed by atoms with E-state index in [1.54, 1.807) is 46.9 Å². The van der Waals surface area contributed by atoms with Gasteiger partial charge >= 0.3 is 0 Å². The number of sulfonamides is 1. The molecule has 136 valence electrons. The van der Waals surface area contributed by atoms with E-state index in [0.717, 1.165) is 0 Å². The fraction of sp³-hybridized carbons (Fsp3) is 0.250. The summed E-state index contributed by atoms with van der Waals surface area (Å²) in [6, 6.07) is 8.47. The highest BCUT2D eigenvalue weighted by atomic mass is 32.2. The first-order valence-electron chi connectivity index (χ1n) is 7.98. The number of aromatic nitrogens is 2. The van der Waals surface area contributed by atoms with Crippen molar-refractivity contribution in [3.63, 3.8) is 0 Å². The Morgan fingerprint density at radius 2 is 2.00 bits per heavy atom. The highest BCUT2D eigenvalue weighted by Gasteiger charge is 2.31. The summed E-state index contributed by atoms with van der Waals surface area (Å²) < 4.78 is 32.1. The quantitative estimate of drug-likeness (QED) is 0.731. The summed E-state index contributed by atoms with van der Waals surface area (Å²) in [5.74, 6) is 0.371. The molecule has 4 rings (SSSR count). The van der Waals surface area contributed by atoms with Crippen LogP contribution in [0.2, 0.25) is 0 Å². The van der Waals surface area contributed by atoms with Crippen molar-refractivity contribution in [2.45, 2.75) is 4.21 Å². The van der Waals surface area contributed by atoms with Gasteiger partial charge in [-0.25, -0.2) is 8.42 Å². The third kappa shape index (κ3) is 3.06. The second-order valence-corrected chi connectivity index (χ2v) is 8.89. The van der Waals surface area contributed by atoms with Crippen LogP contribution in [0.3, 0.4) is 0 Å². The summed E-state index contributed by atoms with van der Waals surface area (Å²) in [5.41, 5.74) is 0.906. The van der Waals surface area contributed by atoms with Crippen LogP contribution in [0.1, 0.15) is 10.5 Å². The van der Waals surface area contributed by atoms with E-state index >= 15 is 0 Å². The van der Waals surface area contributed by atoms with Crippen molar-refractivity contribution in [2.24, 2.45) is 0 Å². The van der Waals surface area contributed by atoms with Gasteiger partial charge in [-0.05, 0) is 23.6 Å². The molecule has 8 nitrogen and oxygen atoms in total. The lowest BCUT2D eigenvalue weighted by molar-refractivity contribution is 0.0692. The molecule has 3 aromatic heterocycles. The number of hydrogen-bond acceptors (Lipinski definition) is 6. The number of rotatable bonds is 4. The van der Waals surface area contributed by atoms with E-state index in [4.69, 9.17) is 4.42 Å². The average Bonchev–Trinajstić information content (AvgIpc) is 3.43. The summed E-state index contributed by atoms with van der Waals surface area (Å²) in [5, 5.41) is 8.57. The number of hydrogen-bond donors (Lipinski definition) is 1. The normalized spacial score (nSPS) is 16.1. The first-order valence-corrected chi connectivity index (χ1v) is 10.3. The second-order valence-electron chi connectivity index (χ2n) is 5.77. The number of aromatic amines is 1. The van der Waals surface area contributed by atoms with Crippen molar-refractivity contribution in [3.8, 4) is 11.5 Å². The summed E-state index contributed by atoms with van der Waals surface area (Å²) >= 11 is 1.20. The van der Waals surface area contributed by atoms with Crippen LogP contribution in [0.4, 0.5) is 0 Å². The van der Waals surface area contributed by atoms with Gasteiger partial charge in [0.25, 0.3) is 15.9 Å². The van der Waals surface area contributed by atoms with Crippen LogP contribution in [0.5, 0.6) is 0 Å². The number of nitrogens with one attached hydrogen (secondary N) is 1. The van der Waals surface area contributed by atoms with Crippen LogP contribution >= 0.6 is 11.3 Å². The lowest BCUT2D eigenvalue weighted by atomic mass is 10.2. The van der Waals surface area contributed by atoms with E-state index in [1.807, 2.05) is 0 Å². The van der Waals surface area contributed by atoms with Gasteiger partial charge in [0.2, 0.25) is 0 Å². The lowest BCUT2D eigenvalue weighted by Crippen LogP contribution is -2.50. The Morgan fingerprint density at radius 1 is 1.19 bits per heavy atom. The number of nitrogens with zero attached hydrogens (tertiary/aromatic N) is 3. The standard InChI is InChI=1S/C16H16N4O4S2/c21-16(13-11-12(17-18-13)14-3-1-9-24-14)19-5-7-20(8-6-19)26(22,23)15-4-2-10-25-15/h1-4,9-11H,5-8H2,(H,17,18). The Bertz CT molecular complexity index is 985. The fourth-order valence-electron chi connectivity index (χ4n) is 2.82. The third-order valence-corrected chi connectivity index (χ3v) is 7.47. The predicted molar refractivity (Wildman–Crippen MR) is 95.3 cm³/mol. The van der Waals surface area contributed by atoms with Crippen molar-refractivity contribution >= 4 is 27.3 Å². The highest BCUT2D eigenvalue weighted by Crippen LogP contribution is 2.23. The molecule has 0 bridgehead atoms. The minimum atomic E-state index is -3.48. The Balaban J connectivity index is 1.43. The average molecular weight is 392 g/mol. The molecule has 0 aromatic carbocycles. The van der Waals surface area contributed by atoms with Gasteiger partial charge in [-0.1, -0.05) is 6.07 Å². The van der Waals surface area contributed by atoms with Gasteiger partial charge in [-0.15, -0.1) is 11.3 Å². The molecule has 0 atom stereocenters. The van der Waals surface area contributed by atoms with E-state index in [9.17, 15) is 13.2 Å². The number of carbonyl (C=O) groups is 1. The Hall–Kier alpha value is -2.43. The lowest BCUT2D eigenvalue weighted by Gasteiger charge is -2.33. The molecule has 0 radical (unpaired) electrons. The van der Waals surface area contributed by atoms with Crippen LogP contribution in [-0.2, 0) is 10.0 Å². The SMILES string of the molecule is O=C(c1cc(-c2ccco2)[nH]n1)N1CCN(S(=O)(=O)c2cccs2)CC1. The fourth-order valence-corrected chi connectivity index (χ4v) is 5.39. The van der Waals surface area contributed by atoms with Gasteiger partial charge in [-0.3, -0.25) is 9.89 Å². The molecule has 1 amide bonds. The Kier molecular flexibility index (Phi) is 4.39. The summed E-state index contributed by atoms with van der Waals surface area (Å²) in [7, 11) is -3.48. The number of amides is 1. The topological polar surface area (TPSA) is 99.5 Å². The molecule has 0 saturated carbocycles. The first kappa shape index (κ1) is 17.0. The number of furan rings is 1. The molecule has 1 fully saturated rings. The zero-order chi connectivity index (χ0) is 18.1. The first-order chi connectivity index (χ1) is 12.6. The van der Waals surface area contributed by atoms with Gasteiger partial charge < -0.3 is 9.32 Å². The summed E-state index contributed by atoms with van der Waals surface area (Å²) in [6.07, 6.45) is 1.55. The van der Waals surface area contributed by atoms with Crippen molar-refractivity contribution < 1.29 is 17.6 Å². The number of carbonyl (C=O) groups excluding carboxylic acids is 1. The van der Waals surface area contributed by atoms with E-state index in [1.165, 1.54) is 15.6 Å². The molecule has 1 aliphatic rings. The minimum absolute atomic E-state index is 0.229. The maximum atomic E-state index is 12.6. The monoisotopic (exact) mass is 392 g/mol. The molecular weight excluding hydrogens is 376 g/mol. The van der Waals surface area contributed by atoms with Gasteiger partial charge in [0.1, 0.15) is 9.90 Å². The van der Waals surface area contributed by atoms with Crippen LogP contribution in [0, 0.1) is 0 Å². The van der Waals surface area contributed by atoms with Crippen LogP contribution in [0.25, 0.3) is 11.5 Å². The van der Waals surface area contributed by atoms with Gasteiger partial charge in [0.15, 0.2) is 11.5 Å². The van der Waals surface area contributed by atoms with Crippen molar-refractivity contribution in [3.05, 3.63) is 47.7 Å². The summed E-state index contributed by atoms with van der Waals surface area (Å²) in [6.45, 7) is 1.18. The summed E-state index contributed by atoms with van der Waals surface area (Å²) in [4.78, 5) is 14.2. The molecule has 3 aromatic rings. The van der Waals surface area contributed by atoms with Crippen molar-refractivity contribution in [1.82, 2.24) is 19.4 Å². The van der Waals surface area contributed by atoms with Crippen molar-refractivity contribution in [1.29, 1.82) is 0 Å². The zero-order valence-electron chi connectivity index (χ0n) is 13.7. The van der Waals surface area contributed by atoms with Crippen LogP contribution in [0.15, 0.2) is 50.6 Å². The van der Waals surface area contributed by atoms with Crippen LogP contribution < -0.4 is 0 Å². The second kappa shape index (κ2) is 6.71. The van der Waals surface area contributed by atoms with E-state index in [2.05, 4.69) is 10.2 Å². The molecule has 1 saturated heterocycles. The molecule has 4 heterocycles. The van der Waals surface area contributed by atoms with E-state index in [-0.39, 0.29) is 24.7 Å². The number of piperazine rings is 1. The van der Waals surface area contributed by atoms with E-state index in [0.29, 0.717) is 28.8 Å². The Morgan fingerprint density at radius 3 is 2.65 bits per heavy atom. The van der Waals surface area contributed by atoms with Gasteiger partial charge in [-0.2, -0.15) is 9.40 Å². The Labute approximate surface area is 154 Å². The van der Waals surface area contributed by atoms with Gasteiger partial charge in [0, 0.05) is 32.2 Å². The number of thiophene rings is 1. The maximum Gasteiger partial charge on any atom is 0.274 e. The minimum Gasteiger partial charge on any atom is -0.463 e. The molecular formula is C16H16N4O4S2. The molecule has 0 unspecified atom stereocenters. The number of H-pyrrole nitrogens is 1. The van der Waals surface area contributed by atoms with Crippen LogP contribution in [-0.4, -0.2) is 59.9 Å². The highest BCUT2D eigenvalue weighted by molar-refractivity contribution is 7.91. The van der Waals surface area contributed by atoms with Gasteiger partial charge in [0.05, 0.1) is 6.26 Å². The van der Waals surface area contributed by atoms with E-state index < -0.39 is 10.0 Å². The maximum absolute atomic E-state index is 12.6. The zero-order valence-corrected chi connectivity index (χ0v) is 15.3. The third-order valence-electron chi connectivity index (χ3n) is 4.20. The smallest absolute Gasteiger partial charge is 0.274 e. The molecule has 0 aliphatic carbocycles. The predicted octanol–water partition coefficient (Wildman–Crippen LogP) is 1.88.